The molecule has 2 N–H and O–H groups in total. The molecule has 0 amide bonds. The highest BCUT2D eigenvalue weighted by Gasteiger charge is 2.15. The summed E-state index contributed by atoms with van der Waals surface area (Å²) in [6, 6.07) is 8.01. The molecule has 0 aliphatic carbocycles. The zero-order valence-electron chi connectivity index (χ0n) is 12.7. The number of nitrogens with two attached hydrogens (primary N) is 1. The maximum atomic E-state index is 5.73. The number of benzene rings is 1. The second-order valence-corrected chi connectivity index (χ2v) is 6.36. The first-order valence-corrected chi connectivity index (χ1v) is 7.10. The minimum atomic E-state index is 0.103. The Bertz CT molecular complexity index is 677. The van der Waals surface area contributed by atoms with Gasteiger partial charge in [0.25, 0.3) is 0 Å². The fourth-order valence-corrected chi connectivity index (χ4v) is 1.97. The van der Waals surface area contributed by atoms with E-state index >= 15 is 0 Å². The van der Waals surface area contributed by atoms with Gasteiger partial charge < -0.3 is 10.5 Å². The van der Waals surface area contributed by atoms with E-state index in [9.17, 15) is 0 Å². The highest BCUT2D eigenvalue weighted by atomic mass is 32.1. The van der Waals surface area contributed by atoms with Crippen molar-refractivity contribution in [2.75, 3.05) is 0 Å². The minimum absolute atomic E-state index is 0.103. The number of aryl methyl sites for hydroxylation is 1. The molecular formula is C16H19N3OS. The highest BCUT2D eigenvalue weighted by molar-refractivity contribution is 7.80. The van der Waals surface area contributed by atoms with E-state index in [0.29, 0.717) is 5.69 Å². The molecular weight excluding hydrogens is 282 g/mol. The summed E-state index contributed by atoms with van der Waals surface area (Å²) in [5.74, 6) is 0.725. The summed E-state index contributed by atoms with van der Waals surface area (Å²) in [6.07, 6.45) is 1.58. The predicted molar refractivity (Wildman–Crippen MR) is 87.9 cm³/mol. The molecule has 0 aliphatic rings. The van der Waals surface area contributed by atoms with E-state index < -0.39 is 0 Å². The Morgan fingerprint density at radius 1 is 1.24 bits per heavy atom. The maximum Gasteiger partial charge on any atom is 0.322 e. The molecule has 0 radical (unpaired) electrons. The lowest BCUT2D eigenvalue weighted by molar-refractivity contribution is 0.437. The van der Waals surface area contributed by atoms with E-state index in [2.05, 4.69) is 42.9 Å². The van der Waals surface area contributed by atoms with Crippen LogP contribution in [0.2, 0.25) is 0 Å². The van der Waals surface area contributed by atoms with Crippen LogP contribution in [0.4, 0.5) is 0 Å². The van der Waals surface area contributed by atoms with E-state index in [4.69, 9.17) is 22.7 Å². The molecule has 4 nitrogen and oxygen atoms in total. The van der Waals surface area contributed by atoms with Crippen LogP contribution in [0.1, 0.15) is 37.6 Å². The van der Waals surface area contributed by atoms with Gasteiger partial charge in [0.05, 0.1) is 0 Å². The molecule has 0 saturated carbocycles. The number of rotatable bonds is 3. The SMILES string of the molecule is Cc1cc(C(C)(C)C)ccc1Oc1nccc(C(N)=S)n1. The summed E-state index contributed by atoms with van der Waals surface area (Å²) in [5, 5.41) is 0. The number of ether oxygens (including phenoxy) is 1. The first kappa shape index (κ1) is 15.4. The Morgan fingerprint density at radius 3 is 2.52 bits per heavy atom. The molecule has 5 heteroatoms. The summed E-state index contributed by atoms with van der Waals surface area (Å²) < 4.78 is 5.73. The van der Waals surface area contributed by atoms with E-state index in [1.54, 1.807) is 12.3 Å². The van der Waals surface area contributed by atoms with Gasteiger partial charge in [-0.2, -0.15) is 4.98 Å². The largest absolute Gasteiger partial charge is 0.424 e. The zero-order valence-corrected chi connectivity index (χ0v) is 13.5. The van der Waals surface area contributed by atoms with Crippen LogP contribution in [0.3, 0.4) is 0 Å². The molecule has 110 valence electrons. The van der Waals surface area contributed by atoms with Gasteiger partial charge in [0.1, 0.15) is 16.4 Å². The van der Waals surface area contributed by atoms with Gasteiger partial charge in [0.2, 0.25) is 0 Å². The average Bonchev–Trinajstić information content (AvgIpc) is 2.40. The zero-order chi connectivity index (χ0) is 15.6. The van der Waals surface area contributed by atoms with E-state index in [-0.39, 0.29) is 16.4 Å². The van der Waals surface area contributed by atoms with Crippen molar-refractivity contribution >= 4 is 17.2 Å². The Balaban J connectivity index is 2.28. The van der Waals surface area contributed by atoms with E-state index in [1.165, 1.54) is 5.56 Å². The van der Waals surface area contributed by atoms with Crippen LogP contribution in [-0.4, -0.2) is 15.0 Å². The van der Waals surface area contributed by atoms with Crippen molar-refractivity contribution in [3.63, 3.8) is 0 Å². The molecule has 1 heterocycles. The topological polar surface area (TPSA) is 61.0 Å². The van der Waals surface area contributed by atoms with Gasteiger partial charge in [-0.3, -0.25) is 0 Å². The monoisotopic (exact) mass is 301 g/mol. The molecule has 1 aromatic carbocycles. The third kappa shape index (κ3) is 3.76. The van der Waals surface area contributed by atoms with Gasteiger partial charge in [-0.15, -0.1) is 0 Å². The van der Waals surface area contributed by atoms with Gasteiger partial charge >= 0.3 is 6.01 Å². The molecule has 0 spiro atoms. The predicted octanol–water partition coefficient (Wildman–Crippen LogP) is 3.51. The van der Waals surface area contributed by atoms with Crippen molar-refractivity contribution in [2.45, 2.75) is 33.1 Å². The van der Waals surface area contributed by atoms with Gasteiger partial charge in [0, 0.05) is 6.20 Å². The molecule has 1 aromatic heterocycles. The number of nitrogens with zero attached hydrogens (tertiary/aromatic N) is 2. The minimum Gasteiger partial charge on any atom is -0.424 e. The van der Waals surface area contributed by atoms with Crippen LogP contribution in [0, 0.1) is 6.92 Å². The third-order valence-corrected chi connectivity index (χ3v) is 3.34. The maximum absolute atomic E-state index is 5.73. The third-order valence-electron chi connectivity index (χ3n) is 3.13. The number of thiocarbonyl (C=S) groups is 1. The Labute approximate surface area is 130 Å². The molecule has 2 aromatic rings. The molecule has 2 rings (SSSR count). The lowest BCUT2D eigenvalue weighted by Gasteiger charge is -2.20. The molecule has 0 saturated heterocycles. The van der Waals surface area contributed by atoms with Crippen molar-refractivity contribution in [1.29, 1.82) is 0 Å². The lowest BCUT2D eigenvalue weighted by Crippen LogP contribution is -2.12. The van der Waals surface area contributed by atoms with Crippen LogP contribution in [0.15, 0.2) is 30.5 Å². The summed E-state index contributed by atoms with van der Waals surface area (Å²) in [7, 11) is 0. The first-order chi connectivity index (χ1) is 9.77. The summed E-state index contributed by atoms with van der Waals surface area (Å²) in [6.45, 7) is 8.53. The standard InChI is InChI=1S/C16H19N3OS/c1-10-9-11(16(2,3)4)5-6-13(10)20-15-18-8-7-12(19-15)14(17)21/h5-9H,1-4H3,(H2,17,21). The van der Waals surface area contributed by atoms with Crippen LogP contribution in [0.5, 0.6) is 11.8 Å². The van der Waals surface area contributed by atoms with Crippen molar-refractivity contribution in [2.24, 2.45) is 5.73 Å². The fourth-order valence-electron chi connectivity index (χ4n) is 1.86. The first-order valence-electron chi connectivity index (χ1n) is 6.69. The van der Waals surface area contributed by atoms with Crippen LogP contribution in [-0.2, 0) is 5.41 Å². The summed E-state index contributed by atoms with van der Waals surface area (Å²) in [4.78, 5) is 8.49. The molecule has 0 unspecified atom stereocenters. The lowest BCUT2D eigenvalue weighted by atomic mass is 9.86. The van der Waals surface area contributed by atoms with Crippen molar-refractivity contribution in [3.05, 3.63) is 47.3 Å². The van der Waals surface area contributed by atoms with Crippen LogP contribution in [0.25, 0.3) is 0 Å². The molecule has 0 bridgehead atoms. The fraction of sp³-hybridized carbons (Fsp3) is 0.312. The number of aromatic nitrogens is 2. The Kier molecular flexibility index (Phi) is 4.23. The van der Waals surface area contributed by atoms with E-state index in [0.717, 1.165) is 11.3 Å². The van der Waals surface area contributed by atoms with Gasteiger partial charge in [0.15, 0.2) is 0 Å². The normalized spacial score (nSPS) is 11.2. The van der Waals surface area contributed by atoms with E-state index in [1.807, 2.05) is 13.0 Å². The quantitative estimate of drug-likeness (QED) is 0.879. The smallest absolute Gasteiger partial charge is 0.322 e. The number of hydrogen-bond donors (Lipinski definition) is 1. The number of hydrogen-bond acceptors (Lipinski definition) is 4. The second-order valence-electron chi connectivity index (χ2n) is 5.92. The highest BCUT2D eigenvalue weighted by Crippen LogP contribution is 2.29. The van der Waals surface area contributed by atoms with Crippen LogP contribution >= 0.6 is 12.2 Å². The molecule has 21 heavy (non-hydrogen) atoms. The molecule has 0 fully saturated rings. The van der Waals surface area contributed by atoms with Gasteiger partial charge in [-0.1, -0.05) is 45.1 Å². The van der Waals surface area contributed by atoms with Gasteiger partial charge in [-0.05, 0) is 35.6 Å². The Hall–Kier alpha value is -2.01. The summed E-state index contributed by atoms with van der Waals surface area (Å²) in [5.41, 5.74) is 8.45. The molecule has 0 aliphatic heterocycles. The molecule has 0 atom stereocenters. The average molecular weight is 301 g/mol. The van der Waals surface area contributed by atoms with Crippen molar-refractivity contribution in [1.82, 2.24) is 9.97 Å². The van der Waals surface area contributed by atoms with Crippen LogP contribution < -0.4 is 10.5 Å². The second kappa shape index (κ2) is 5.77. The van der Waals surface area contributed by atoms with Crippen molar-refractivity contribution in [3.8, 4) is 11.8 Å². The van der Waals surface area contributed by atoms with Crippen molar-refractivity contribution < 1.29 is 4.74 Å². The Morgan fingerprint density at radius 2 is 1.95 bits per heavy atom. The summed E-state index contributed by atoms with van der Waals surface area (Å²) >= 11 is 4.90. The van der Waals surface area contributed by atoms with Gasteiger partial charge in [-0.25, -0.2) is 4.98 Å².